The highest BCUT2D eigenvalue weighted by Crippen LogP contribution is 2.29. The standard InChI is InChI=1S/C21H26N4OS.HI/c1-22-21(23-13-15-8-10-17(11-9-15)25(2)3)24-14-18(26)20-12-16-6-4-5-7-19(16)27-20;/h4-12,18,26H,13-14H2,1-3H3,(H2,22,23,24);1H. The number of aliphatic imine (C=N–C) groups is 1. The minimum absolute atomic E-state index is 0. The van der Waals surface area contributed by atoms with Gasteiger partial charge in [0.05, 0.1) is 0 Å². The largest absolute Gasteiger partial charge is 0.386 e. The second-order valence-electron chi connectivity index (χ2n) is 6.57. The second-order valence-corrected chi connectivity index (χ2v) is 7.69. The first-order valence-corrected chi connectivity index (χ1v) is 9.76. The average molecular weight is 510 g/mol. The molecule has 0 aliphatic rings. The molecule has 3 aromatic rings. The summed E-state index contributed by atoms with van der Waals surface area (Å²) in [6.07, 6.45) is -0.569. The summed E-state index contributed by atoms with van der Waals surface area (Å²) in [5.74, 6) is 0.673. The van der Waals surface area contributed by atoms with E-state index in [0.717, 1.165) is 4.88 Å². The number of nitrogens with one attached hydrogen (secondary N) is 2. The van der Waals surface area contributed by atoms with Crippen LogP contribution in [0.4, 0.5) is 5.69 Å². The molecule has 3 N–H and O–H groups in total. The fourth-order valence-corrected chi connectivity index (χ4v) is 3.83. The molecule has 0 aliphatic carbocycles. The Morgan fingerprint density at radius 1 is 1.11 bits per heavy atom. The topological polar surface area (TPSA) is 59.9 Å². The molecule has 7 heteroatoms. The maximum absolute atomic E-state index is 10.5. The van der Waals surface area contributed by atoms with Gasteiger partial charge in [0.1, 0.15) is 6.10 Å². The molecule has 1 heterocycles. The lowest BCUT2D eigenvalue weighted by molar-refractivity contribution is 0.184. The number of thiophene rings is 1. The van der Waals surface area contributed by atoms with Gasteiger partial charge in [-0.15, -0.1) is 35.3 Å². The van der Waals surface area contributed by atoms with Crippen LogP contribution in [0, 0.1) is 0 Å². The monoisotopic (exact) mass is 510 g/mol. The lowest BCUT2D eigenvalue weighted by atomic mass is 10.2. The van der Waals surface area contributed by atoms with Gasteiger partial charge in [-0.3, -0.25) is 4.99 Å². The molecule has 0 spiro atoms. The maximum Gasteiger partial charge on any atom is 0.191 e. The maximum atomic E-state index is 10.5. The number of hydrogen-bond donors (Lipinski definition) is 3. The van der Waals surface area contributed by atoms with Crippen LogP contribution in [-0.4, -0.2) is 38.8 Å². The van der Waals surface area contributed by atoms with Crippen LogP contribution in [0.5, 0.6) is 0 Å². The molecule has 0 radical (unpaired) electrons. The van der Waals surface area contributed by atoms with Crippen molar-refractivity contribution in [1.82, 2.24) is 10.6 Å². The van der Waals surface area contributed by atoms with Crippen LogP contribution in [0.2, 0.25) is 0 Å². The third kappa shape index (κ3) is 5.83. The highest BCUT2D eigenvalue weighted by atomic mass is 127. The van der Waals surface area contributed by atoms with Gasteiger partial charge in [0, 0.05) is 49.5 Å². The number of aliphatic hydroxyl groups is 1. The molecule has 1 unspecified atom stereocenters. The molecule has 5 nitrogen and oxygen atoms in total. The SMILES string of the molecule is CN=C(NCc1ccc(N(C)C)cc1)NCC(O)c1cc2ccccc2s1.I. The average Bonchev–Trinajstić information content (AvgIpc) is 3.12. The predicted molar refractivity (Wildman–Crippen MR) is 131 cm³/mol. The number of hydrogen-bond acceptors (Lipinski definition) is 4. The third-order valence-corrected chi connectivity index (χ3v) is 5.59. The first kappa shape index (κ1) is 22.4. The van der Waals surface area contributed by atoms with E-state index < -0.39 is 6.10 Å². The quantitative estimate of drug-likeness (QED) is 0.267. The van der Waals surface area contributed by atoms with Crippen molar-refractivity contribution in [2.75, 3.05) is 32.6 Å². The molecule has 2 aromatic carbocycles. The lowest BCUT2D eigenvalue weighted by Gasteiger charge is -2.15. The van der Waals surface area contributed by atoms with Gasteiger partial charge in [-0.05, 0) is 35.2 Å². The van der Waals surface area contributed by atoms with E-state index in [-0.39, 0.29) is 24.0 Å². The molecule has 3 rings (SSSR count). The van der Waals surface area contributed by atoms with Crippen LogP contribution in [0.3, 0.4) is 0 Å². The number of guanidine groups is 1. The Labute approximate surface area is 187 Å². The first-order valence-electron chi connectivity index (χ1n) is 8.94. The number of benzene rings is 2. The third-order valence-electron chi connectivity index (χ3n) is 4.37. The van der Waals surface area contributed by atoms with E-state index in [4.69, 9.17) is 0 Å². The fourth-order valence-electron chi connectivity index (χ4n) is 2.78. The number of nitrogens with zero attached hydrogens (tertiary/aromatic N) is 2. The number of rotatable bonds is 6. The summed E-state index contributed by atoms with van der Waals surface area (Å²) in [6, 6.07) is 18.6. The van der Waals surface area contributed by atoms with Gasteiger partial charge in [0.2, 0.25) is 0 Å². The van der Waals surface area contributed by atoms with Gasteiger partial charge in [-0.1, -0.05) is 30.3 Å². The molecule has 150 valence electrons. The molecule has 0 bridgehead atoms. The normalized spacial score (nSPS) is 12.4. The molecule has 28 heavy (non-hydrogen) atoms. The van der Waals surface area contributed by atoms with Gasteiger partial charge in [0.15, 0.2) is 5.96 Å². The summed E-state index contributed by atoms with van der Waals surface area (Å²) < 4.78 is 1.19. The van der Waals surface area contributed by atoms with E-state index in [1.165, 1.54) is 21.3 Å². The number of halogens is 1. The summed E-state index contributed by atoms with van der Waals surface area (Å²) in [4.78, 5) is 7.27. The Morgan fingerprint density at radius 3 is 2.46 bits per heavy atom. The Kier molecular flexibility index (Phi) is 8.53. The van der Waals surface area contributed by atoms with Crippen molar-refractivity contribution in [3.63, 3.8) is 0 Å². The minimum atomic E-state index is -0.569. The molecule has 0 aliphatic heterocycles. The summed E-state index contributed by atoms with van der Waals surface area (Å²) in [5, 5.41) is 18.1. The molecular formula is C21H27IN4OS. The zero-order valence-corrected chi connectivity index (χ0v) is 19.5. The number of fused-ring (bicyclic) bond motifs is 1. The van der Waals surface area contributed by atoms with Crippen LogP contribution < -0.4 is 15.5 Å². The molecule has 0 amide bonds. The predicted octanol–water partition coefficient (Wildman–Crippen LogP) is 3.98. The number of anilines is 1. The van der Waals surface area contributed by atoms with E-state index in [1.54, 1.807) is 18.4 Å². The fraction of sp³-hybridized carbons (Fsp3) is 0.286. The van der Waals surface area contributed by atoms with Crippen molar-refractivity contribution < 1.29 is 5.11 Å². The van der Waals surface area contributed by atoms with E-state index in [9.17, 15) is 5.11 Å². The zero-order valence-electron chi connectivity index (χ0n) is 16.3. The van der Waals surface area contributed by atoms with Gasteiger partial charge < -0.3 is 20.6 Å². The van der Waals surface area contributed by atoms with Crippen LogP contribution in [0.1, 0.15) is 16.5 Å². The molecule has 1 aromatic heterocycles. The van der Waals surface area contributed by atoms with Gasteiger partial charge in [-0.25, -0.2) is 0 Å². The summed E-state index contributed by atoms with van der Waals surface area (Å²) in [5.41, 5.74) is 2.35. The molecule has 1 atom stereocenters. The summed E-state index contributed by atoms with van der Waals surface area (Å²) >= 11 is 1.62. The van der Waals surface area contributed by atoms with Crippen LogP contribution in [0.15, 0.2) is 59.6 Å². The summed E-state index contributed by atoms with van der Waals surface area (Å²) in [7, 11) is 5.79. The Bertz CT molecular complexity index is 875. The minimum Gasteiger partial charge on any atom is -0.386 e. The Hall–Kier alpha value is -1.84. The second kappa shape index (κ2) is 10.6. The Balaban J connectivity index is 0.00000280. The van der Waals surface area contributed by atoms with Gasteiger partial charge in [0.25, 0.3) is 0 Å². The highest BCUT2D eigenvalue weighted by molar-refractivity contribution is 14.0. The smallest absolute Gasteiger partial charge is 0.191 e. The van der Waals surface area contributed by atoms with Crippen LogP contribution in [0.25, 0.3) is 10.1 Å². The van der Waals surface area contributed by atoms with Crippen molar-refractivity contribution in [3.05, 3.63) is 65.0 Å². The Morgan fingerprint density at radius 2 is 1.82 bits per heavy atom. The zero-order chi connectivity index (χ0) is 19.2. The molecule has 0 saturated heterocycles. The molecule has 0 fully saturated rings. The van der Waals surface area contributed by atoms with Crippen molar-refractivity contribution in [2.24, 2.45) is 4.99 Å². The van der Waals surface area contributed by atoms with E-state index in [1.807, 2.05) is 26.2 Å². The van der Waals surface area contributed by atoms with E-state index >= 15 is 0 Å². The first-order chi connectivity index (χ1) is 13.1. The van der Waals surface area contributed by atoms with Gasteiger partial charge in [-0.2, -0.15) is 0 Å². The number of aliphatic hydroxyl groups excluding tert-OH is 1. The molecule has 0 saturated carbocycles. The van der Waals surface area contributed by atoms with Crippen LogP contribution >= 0.6 is 35.3 Å². The van der Waals surface area contributed by atoms with Crippen molar-refractivity contribution in [3.8, 4) is 0 Å². The van der Waals surface area contributed by atoms with E-state index in [0.29, 0.717) is 19.0 Å². The van der Waals surface area contributed by atoms with Crippen molar-refractivity contribution in [2.45, 2.75) is 12.6 Å². The summed E-state index contributed by atoms with van der Waals surface area (Å²) in [6.45, 7) is 1.08. The highest BCUT2D eigenvalue weighted by Gasteiger charge is 2.12. The van der Waals surface area contributed by atoms with Crippen molar-refractivity contribution >= 4 is 57.0 Å². The van der Waals surface area contributed by atoms with Crippen molar-refractivity contribution in [1.29, 1.82) is 0 Å². The lowest BCUT2D eigenvalue weighted by Crippen LogP contribution is -2.38. The van der Waals surface area contributed by atoms with Crippen LogP contribution in [-0.2, 0) is 6.54 Å². The molecular weight excluding hydrogens is 483 g/mol. The van der Waals surface area contributed by atoms with Gasteiger partial charge >= 0.3 is 0 Å². The van der Waals surface area contributed by atoms with E-state index in [2.05, 4.69) is 63.0 Å².